The van der Waals surface area contributed by atoms with Crippen molar-refractivity contribution in [1.29, 1.82) is 0 Å². The van der Waals surface area contributed by atoms with E-state index in [2.05, 4.69) is 40.2 Å². The molecule has 4 atom stereocenters. The molecule has 2 fully saturated rings. The number of carbonyl (C=O) groups excluding carboxylic acids is 2. The number of nitrogens with one attached hydrogen (secondary N) is 3. The molecule has 4 rings (SSSR count). The third-order valence-corrected chi connectivity index (χ3v) is 5.79. The van der Waals surface area contributed by atoms with E-state index < -0.39 is 0 Å². The van der Waals surface area contributed by atoms with Crippen LogP contribution in [0.1, 0.15) is 23.5 Å². The van der Waals surface area contributed by atoms with Crippen LogP contribution in [0.3, 0.4) is 0 Å². The Morgan fingerprint density at radius 1 is 0.893 bits per heavy atom. The number of hydrogen-bond acceptors (Lipinski definition) is 3. The second-order valence-electron chi connectivity index (χ2n) is 7.77. The quantitative estimate of drug-likeness (QED) is 0.690. The van der Waals surface area contributed by atoms with Crippen LogP contribution >= 0.6 is 0 Å². The molecule has 1 saturated carbocycles. The fraction of sp³-hybridized carbons (Fsp3) is 0.391. The van der Waals surface area contributed by atoms with E-state index in [1.807, 2.05) is 36.4 Å². The number of rotatable bonds is 7. The number of amides is 2. The summed E-state index contributed by atoms with van der Waals surface area (Å²) in [7, 11) is 0. The van der Waals surface area contributed by atoms with E-state index in [1.165, 1.54) is 11.1 Å². The third-order valence-electron chi connectivity index (χ3n) is 5.79. The van der Waals surface area contributed by atoms with Crippen molar-refractivity contribution in [1.82, 2.24) is 16.0 Å². The fourth-order valence-electron chi connectivity index (χ4n) is 4.05. The molecule has 3 N–H and O–H groups in total. The molecule has 1 aliphatic heterocycles. The molecule has 0 spiro atoms. The van der Waals surface area contributed by atoms with Gasteiger partial charge in [0.05, 0.1) is 11.8 Å². The first kappa shape index (κ1) is 18.7. The molecule has 1 aliphatic carbocycles. The van der Waals surface area contributed by atoms with Crippen molar-refractivity contribution >= 4 is 11.8 Å². The minimum Gasteiger partial charge on any atom is -0.355 e. The van der Waals surface area contributed by atoms with Gasteiger partial charge in [0.1, 0.15) is 0 Å². The van der Waals surface area contributed by atoms with E-state index in [0.29, 0.717) is 25.6 Å². The van der Waals surface area contributed by atoms with Crippen molar-refractivity contribution in [3.8, 4) is 0 Å². The zero-order chi connectivity index (χ0) is 19.3. The van der Waals surface area contributed by atoms with Crippen molar-refractivity contribution < 1.29 is 9.59 Å². The van der Waals surface area contributed by atoms with E-state index in [9.17, 15) is 9.59 Å². The molecule has 2 aliphatic rings. The summed E-state index contributed by atoms with van der Waals surface area (Å²) in [6, 6.07) is 20.6. The van der Waals surface area contributed by atoms with Crippen molar-refractivity contribution in [3.63, 3.8) is 0 Å². The van der Waals surface area contributed by atoms with Crippen LogP contribution in [-0.2, 0) is 16.0 Å². The summed E-state index contributed by atoms with van der Waals surface area (Å²) >= 11 is 0. The monoisotopic (exact) mass is 377 g/mol. The first-order valence-corrected chi connectivity index (χ1v) is 10.1. The van der Waals surface area contributed by atoms with Gasteiger partial charge in [0, 0.05) is 31.6 Å². The van der Waals surface area contributed by atoms with Crippen LogP contribution in [0.2, 0.25) is 0 Å². The van der Waals surface area contributed by atoms with Crippen LogP contribution in [0.4, 0.5) is 0 Å². The molecule has 1 saturated heterocycles. The SMILES string of the molecule is O=C(NCCc1ccccc1)[C@@H]1CNC[C@H]1C(=O)N[C@@H]1C[C@H]1c1ccccc1. The van der Waals surface area contributed by atoms with Crippen molar-refractivity contribution in [2.75, 3.05) is 19.6 Å². The maximum atomic E-state index is 12.8. The summed E-state index contributed by atoms with van der Waals surface area (Å²) in [6.45, 7) is 1.71. The molecule has 2 aromatic rings. The minimum atomic E-state index is -0.301. The predicted octanol–water partition coefficient (Wildman–Crippen LogP) is 1.85. The van der Waals surface area contributed by atoms with E-state index in [0.717, 1.165) is 12.8 Å². The second kappa shape index (κ2) is 8.57. The molecule has 1 heterocycles. The largest absolute Gasteiger partial charge is 0.355 e. The van der Waals surface area contributed by atoms with Crippen LogP contribution in [0.25, 0.3) is 0 Å². The third kappa shape index (κ3) is 4.42. The zero-order valence-electron chi connectivity index (χ0n) is 15.9. The zero-order valence-corrected chi connectivity index (χ0v) is 15.9. The van der Waals surface area contributed by atoms with Gasteiger partial charge in [-0.1, -0.05) is 60.7 Å². The summed E-state index contributed by atoms with van der Waals surface area (Å²) in [5, 5.41) is 9.36. The average Bonchev–Trinajstić information content (AvgIpc) is 3.31. The van der Waals surface area contributed by atoms with E-state index in [4.69, 9.17) is 0 Å². The van der Waals surface area contributed by atoms with Gasteiger partial charge in [-0.25, -0.2) is 0 Å². The Bertz CT molecular complexity index is 809. The molecule has 146 valence electrons. The summed E-state index contributed by atoms with van der Waals surface area (Å²) < 4.78 is 0. The maximum Gasteiger partial charge on any atom is 0.225 e. The van der Waals surface area contributed by atoms with Crippen LogP contribution in [0.15, 0.2) is 60.7 Å². The maximum absolute atomic E-state index is 12.8. The lowest BCUT2D eigenvalue weighted by Gasteiger charge is -2.18. The fourth-order valence-corrected chi connectivity index (χ4v) is 4.05. The Balaban J connectivity index is 1.26. The van der Waals surface area contributed by atoms with E-state index in [-0.39, 0.29) is 29.7 Å². The molecule has 0 unspecified atom stereocenters. The summed E-state index contributed by atoms with van der Waals surface area (Å²) in [5.41, 5.74) is 2.47. The highest BCUT2D eigenvalue weighted by atomic mass is 16.2. The second-order valence-corrected chi connectivity index (χ2v) is 7.77. The van der Waals surface area contributed by atoms with Crippen molar-refractivity contribution in [2.45, 2.75) is 24.8 Å². The first-order chi connectivity index (χ1) is 13.7. The highest BCUT2D eigenvalue weighted by molar-refractivity contribution is 5.89. The van der Waals surface area contributed by atoms with Crippen molar-refractivity contribution in [3.05, 3.63) is 71.8 Å². The number of hydrogen-bond donors (Lipinski definition) is 3. The average molecular weight is 377 g/mol. The molecule has 0 radical (unpaired) electrons. The van der Waals surface area contributed by atoms with Crippen LogP contribution in [0.5, 0.6) is 0 Å². The molecule has 28 heavy (non-hydrogen) atoms. The molecule has 5 heteroatoms. The van der Waals surface area contributed by atoms with Gasteiger partial charge in [0.2, 0.25) is 11.8 Å². The molecule has 2 amide bonds. The highest BCUT2D eigenvalue weighted by Crippen LogP contribution is 2.40. The molecule has 0 bridgehead atoms. The normalized spacial score (nSPS) is 25.9. The van der Waals surface area contributed by atoms with Crippen LogP contribution in [-0.4, -0.2) is 37.5 Å². The van der Waals surface area contributed by atoms with Gasteiger partial charge in [-0.2, -0.15) is 0 Å². The standard InChI is InChI=1S/C23H27N3O2/c27-22(25-12-11-16-7-3-1-4-8-16)19-14-24-15-20(19)23(28)26-21-13-18(21)17-9-5-2-6-10-17/h1-10,18-21,24H,11-15H2,(H,25,27)(H,26,28)/t18-,19+,20+,21+/m0/s1. The Morgan fingerprint density at radius 3 is 2.25 bits per heavy atom. The molecular formula is C23H27N3O2. The van der Waals surface area contributed by atoms with Gasteiger partial charge in [0.15, 0.2) is 0 Å². The number of benzene rings is 2. The Hall–Kier alpha value is -2.66. The summed E-state index contributed by atoms with van der Waals surface area (Å²) in [5.74, 6) is -0.232. The van der Waals surface area contributed by atoms with Gasteiger partial charge in [-0.3, -0.25) is 9.59 Å². The predicted molar refractivity (Wildman–Crippen MR) is 109 cm³/mol. The molecular weight excluding hydrogens is 350 g/mol. The molecule has 5 nitrogen and oxygen atoms in total. The van der Waals surface area contributed by atoms with Gasteiger partial charge in [-0.15, -0.1) is 0 Å². The van der Waals surface area contributed by atoms with Crippen molar-refractivity contribution in [2.24, 2.45) is 11.8 Å². The minimum absolute atomic E-state index is 0.00311. The van der Waals surface area contributed by atoms with Gasteiger partial charge < -0.3 is 16.0 Å². The lowest BCUT2D eigenvalue weighted by Crippen LogP contribution is -2.42. The lowest BCUT2D eigenvalue weighted by molar-refractivity contribution is -0.133. The first-order valence-electron chi connectivity index (χ1n) is 10.1. The van der Waals surface area contributed by atoms with Gasteiger partial charge in [0.25, 0.3) is 0 Å². The van der Waals surface area contributed by atoms with Gasteiger partial charge in [-0.05, 0) is 24.0 Å². The number of carbonyl (C=O) groups is 2. The Labute approximate surface area is 165 Å². The van der Waals surface area contributed by atoms with E-state index >= 15 is 0 Å². The Kier molecular flexibility index (Phi) is 5.72. The summed E-state index contributed by atoms with van der Waals surface area (Å²) in [6.07, 6.45) is 1.77. The highest BCUT2D eigenvalue weighted by Gasteiger charge is 2.43. The topological polar surface area (TPSA) is 70.2 Å². The molecule has 0 aromatic heterocycles. The smallest absolute Gasteiger partial charge is 0.225 e. The summed E-state index contributed by atoms with van der Waals surface area (Å²) in [4.78, 5) is 25.4. The lowest BCUT2D eigenvalue weighted by atomic mass is 9.94. The molecule has 2 aromatic carbocycles. The van der Waals surface area contributed by atoms with Crippen LogP contribution < -0.4 is 16.0 Å². The Morgan fingerprint density at radius 2 is 1.54 bits per heavy atom. The van der Waals surface area contributed by atoms with E-state index in [1.54, 1.807) is 0 Å². The van der Waals surface area contributed by atoms with Gasteiger partial charge >= 0.3 is 0 Å². The van der Waals surface area contributed by atoms with Crippen LogP contribution in [0, 0.1) is 11.8 Å².